The number of aromatic nitrogens is 1. The van der Waals surface area contributed by atoms with Crippen LogP contribution in [0.4, 0.5) is 16.5 Å². The molecule has 31 heavy (non-hydrogen) atoms. The molecule has 0 saturated heterocycles. The predicted molar refractivity (Wildman–Crippen MR) is 127 cm³/mol. The summed E-state index contributed by atoms with van der Waals surface area (Å²) in [5.41, 5.74) is 3.87. The second-order valence-electron chi connectivity index (χ2n) is 7.08. The van der Waals surface area contributed by atoms with Crippen LogP contribution in [0.5, 0.6) is 0 Å². The van der Waals surface area contributed by atoms with Crippen LogP contribution in [0.15, 0.2) is 57.4 Å². The van der Waals surface area contributed by atoms with Gasteiger partial charge in [0.25, 0.3) is 0 Å². The largest absolute Gasteiger partial charge is 0.340 e. The number of rotatable bonds is 5. The number of aryl methyl sites for hydroxylation is 1. The van der Waals surface area contributed by atoms with Crippen LogP contribution < -0.4 is 9.91 Å². The summed E-state index contributed by atoms with van der Waals surface area (Å²) in [5, 5.41) is 6.02. The molecule has 0 aliphatic carbocycles. The van der Waals surface area contributed by atoms with Crippen molar-refractivity contribution in [1.29, 1.82) is 0 Å². The molecule has 2 heterocycles. The van der Waals surface area contributed by atoms with Crippen molar-refractivity contribution in [2.75, 3.05) is 16.5 Å². The highest BCUT2D eigenvalue weighted by Crippen LogP contribution is 2.47. The lowest BCUT2D eigenvalue weighted by molar-refractivity contribution is -0.116. The summed E-state index contributed by atoms with van der Waals surface area (Å²) >= 11 is 2.91. The van der Waals surface area contributed by atoms with Crippen LogP contribution in [0.1, 0.15) is 41.7 Å². The quantitative estimate of drug-likeness (QED) is 0.285. The molecule has 2 aromatic carbocycles. The molecular weight excluding hydrogens is 428 g/mol. The molecule has 6 nitrogen and oxygen atoms in total. The normalized spacial score (nSPS) is 12.6. The van der Waals surface area contributed by atoms with E-state index >= 15 is 0 Å². The van der Waals surface area contributed by atoms with E-state index in [4.69, 9.17) is 0 Å². The van der Waals surface area contributed by atoms with E-state index in [2.05, 4.69) is 52.2 Å². The molecule has 3 aromatic rings. The van der Waals surface area contributed by atoms with Crippen molar-refractivity contribution >= 4 is 57.5 Å². The Bertz CT molecular complexity index is 1200. The number of hydrogen-bond acceptors (Lipinski definition) is 7. The molecule has 8 heteroatoms. The first-order valence-corrected chi connectivity index (χ1v) is 11.5. The second-order valence-corrected chi connectivity index (χ2v) is 9.15. The third-order valence-electron chi connectivity index (χ3n) is 4.87. The van der Waals surface area contributed by atoms with Crippen molar-refractivity contribution in [2.24, 2.45) is 5.10 Å². The van der Waals surface area contributed by atoms with Crippen LogP contribution in [0, 0.1) is 6.92 Å². The number of anilines is 3. The highest BCUT2D eigenvalue weighted by atomic mass is 32.2. The molecule has 0 saturated carbocycles. The van der Waals surface area contributed by atoms with Gasteiger partial charge in [0.05, 0.1) is 28.2 Å². The minimum atomic E-state index is -0.265. The molecule has 158 valence electrons. The zero-order chi connectivity index (χ0) is 22.1. The molecule has 0 bridgehead atoms. The summed E-state index contributed by atoms with van der Waals surface area (Å²) in [5.74, 6) is -0.334. The molecule has 1 aromatic heterocycles. The van der Waals surface area contributed by atoms with E-state index in [0.29, 0.717) is 15.7 Å². The van der Waals surface area contributed by atoms with Gasteiger partial charge in [0.15, 0.2) is 5.78 Å². The Morgan fingerprint density at radius 2 is 1.87 bits per heavy atom. The highest BCUT2D eigenvalue weighted by molar-refractivity contribution is 7.99. The maximum Gasteiger partial charge on any atom is 0.246 e. The van der Waals surface area contributed by atoms with Gasteiger partial charge in [0, 0.05) is 30.2 Å². The van der Waals surface area contributed by atoms with Crippen molar-refractivity contribution in [3.63, 3.8) is 0 Å². The highest BCUT2D eigenvalue weighted by Gasteiger charge is 2.22. The summed E-state index contributed by atoms with van der Waals surface area (Å²) in [4.78, 5) is 33.5. The number of thiazole rings is 1. The lowest BCUT2D eigenvalue weighted by atomic mass is 10.1. The summed E-state index contributed by atoms with van der Waals surface area (Å²) in [6, 6.07) is 14.5. The predicted octanol–water partition coefficient (Wildman–Crippen LogP) is 5.66. The lowest BCUT2D eigenvalue weighted by Gasteiger charge is -2.32. The molecule has 0 N–H and O–H groups in total. The monoisotopic (exact) mass is 450 g/mol. The molecule has 1 amide bonds. The summed E-state index contributed by atoms with van der Waals surface area (Å²) < 4.78 is 0. The average Bonchev–Trinajstić information content (AvgIpc) is 3.13. The minimum Gasteiger partial charge on any atom is -0.340 e. The number of hydrazone groups is 1. The first-order valence-electron chi connectivity index (χ1n) is 9.90. The van der Waals surface area contributed by atoms with Gasteiger partial charge in [-0.1, -0.05) is 41.3 Å². The Balaban J connectivity index is 1.64. The standard InChI is InChI=1S/C23H22N4O2S2/c1-5-26-18-8-6-7-9-20(18)30-21-12-17(10-11-19(21)26)13-24-27(16(4)29)23-25-14(2)22(31-23)15(3)28/h6-13H,5H2,1-4H3/b24-13+. The van der Waals surface area contributed by atoms with Gasteiger partial charge in [-0.3, -0.25) is 9.59 Å². The van der Waals surface area contributed by atoms with Crippen LogP contribution in [-0.4, -0.2) is 29.4 Å². The molecule has 1 aliphatic rings. The van der Waals surface area contributed by atoms with Crippen molar-refractivity contribution in [1.82, 2.24) is 4.98 Å². The van der Waals surface area contributed by atoms with E-state index in [-0.39, 0.29) is 11.7 Å². The summed E-state index contributed by atoms with van der Waals surface area (Å²) in [6.07, 6.45) is 1.66. The third-order valence-corrected chi connectivity index (χ3v) is 7.22. The van der Waals surface area contributed by atoms with Gasteiger partial charge in [0.1, 0.15) is 0 Å². The number of carbonyl (C=O) groups excluding carboxylic acids is 2. The number of ketones is 1. The second kappa shape index (κ2) is 8.64. The van der Waals surface area contributed by atoms with Gasteiger partial charge in [-0.25, -0.2) is 4.98 Å². The molecule has 0 spiro atoms. The lowest BCUT2D eigenvalue weighted by Crippen LogP contribution is -2.22. The number of carbonyl (C=O) groups is 2. The van der Waals surface area contributed by atoms with Crippen LogP contribution in [0.25, 0.3) is 0 Å². The fourth-order valence-electron chi connectivity index (χ4n) is 3.46. The van der Waals surface area contributed by atoms with E-state index in [9.17, 15) is 9.59 Å². The van der Waals surface area contributed by atoms with E-state index in [1.807, 2.05) is 12.1 Å². The van der Waals surface area contributed by atoms with E-state index < -0.39 is 0 Å². The molecular formula is C23H22N4O2S2. The number of Topliss-reactive ketones (excluding diaryl/α,β-unsaturated/α-hetero) is 1. The topological polar surface area (TPSA) is 65.9 Å². The van der Waals surface area contributed by atoms with Gasteiger partial charge in [0.2, 0.25) is 11.0 Å². The molecule has 0 unspecified atom stereocenters. The van der Waals surface area contributed by atoms with Crippen LogP contribution in [-0.2, 0) is 4.79 Å². The molecule has 0 radical (unpaired) electrons. The zero-order valence-electron chi connectivity index (χ0n) is 17.7. The van der Waals surface area contributed by atoms with Crippen LogP contribution in [0.3, 0.4) is 0 Å². The van der Waals surface area contributed by atoms with Crippen LogP contribution >= 0.6 is 23.1 Å². The minimum absolute atomic E-state index is 0.0683. The zero-order valence-corrected chi connectivity index (χ0v) is 19.4. The Hall–Kier alpha value is -2.97. The number of nitrogens with zero attached hydrogens (tertiary/aromatic N) is 4. The van der Waals surface area contributed by atoms with Gasteiger partial charge >= 0.3 is 0 Å². The first kappa shape index (κ1) is 21.3. The van der Waals surface area contributed by atoms with Gasteiger partial charge in [-0.2, -0.15) is 10.1 Å². The Morgan fingerprint density at radius 1 is 1.13 bits per heavy atom. The number of fused-ring (bicyclic) bond motifs is 2. The summed E-state index contributed by atoms with van der Waals surface area (Å²) in [7, 11) is 0. The number of para-hydroxylation sites is 1. The molecule has 0 atom stereocenters. The maximum absolute atomic E-state index is 12.2. The van der Waals surface area contributed by atoms with Crippen molar-refractivity contribution < 1.29 is 9.59 Å². The molecule has 0 fully saturated rings. The Labute approximate surface area is 189 Å². The van der Waals surface area contributed by atoms with Crippen LogP contribution in [0.2, 0.25) is 0 Å². The van der Waals surface area contributed by atoms with Gasteiger partial charge in [-0.05, 0) is 43.7 Å². The smallest absolute Gasteiger partial charge is 0.246 e. The van der Waals surface area contributed by atoms with E-state index in [0.717, 1.165) is 22.7 Å². The number of amides is 1. The SMILES string of the molecule is CCN1c2ccccc2Sc2cc(/C=N/N(C(C)=O)c3nc(C)c(C(C)=O)s3)ccc21. The third kappa shape index (κ3) is 4.13. The fourth-order valence-corrected chi connectivity index (χ4v) is 5.57. The molecule has 1 aliphatic heterocycles. The van der Waals surface area contributed by atoms with Gasteiger partial charge < -0.3 is 4.90 Å². The fraction of sp³-hybridized carbons (Fsp3) is 0.217. The molecule has 4 rings (SSSR count). The van der Waals surface area contributed by atoms with E-state index in [1.54, 1.807) is 24.9 Å². The van der Waals surface area contributed by atoms with Crippen molar-refractivity contribution in [3.8, 4) is 0 Å². The van der Waals surface area contributed by atoms with E-state index in [1.165, 1.54) is 40.8 Å². The Kier molecular flexibility index (Phi) is 5.93. The van der Waals surface area contributed by atoms with Crippen molar-refractivity contribution in [3.05, 3.63) is 58.6 Å². The number of benzene rings is 2. The summed E-state index contributed by atoms with van der Waals surface area (Å²) in [6.45, 7) is 7.70. The maximum atomic E-state index is 12.2. The van der Waals surface area contributed by atoms with Crippen molar-refractivity contribution in [2.45, 2.75) is 37.5 Å². The average molecular weight is 451 g/mol. The number of hydrogen-bond donors (Lipinski definition) is 0. The first-order chi connectivity index (χ1) is 14.9. The van der Waals surface area contributed by atoms with Gasteiger partial charge in [-0.15, -0.1) is 0 Å². The Morgan fingerprint density at radius 3 is 2.55 bits per heavy atom.